The summed E-state index contributed by atoms with van der Waals surface area (Å²) in [5, 5.41) is 3.83. The van der Waals surface area contributed by atoms with E-state index in [4.69, 9.17) is 0 Å². The maximum Gasteiger partial charge on any atom is 0.0399 e. The fraction of sp³-hybridized carbons (Fsp3) is 0.368. The predicted molar refractivity (Wildman–Crippen MR) is 92.7 cm³/mol. The Hall–Kier alpha value is -1.12. The van der Waals surface area contributed by atoms with Crippen molar-refractivity contribution in [3.05, 3.63) is 69.7 Å². The molecular weight excluding hydrogens is 322 g/mol. The molecule has 0 saturated carbocycles. The van der Waals surface area contributed by atoms with Crippen molar-refractivity contribution in [3.8, 4) is 0 Å². The first kappa shape index (κ1) is 14.8. The summed E-state index contributed by atoms with van der Waals surface area (Å²) in [5.74, 6) is 0.509. The molecule has 110 valence electrons. The molecule has 1 N–H and O–H groups in total. The molecule has 0 aliphatic heterocycles. The molecule has 1 nitrogen and oxygen atoms in total. The van der Waals surface area contributed by atoms with E-state index in [-0.39, 0.29) is 5.54 Å². The number of hydrogen-bond donors (Lipinski definition) is 1. The van der Waals surface area contributed by atoms with E-state index in [1.54, 1.807) is 0 Å². The van der Waals surface area contributed by atoms with Crippen LogP contribution in [0.3, 0.4) is 0 Å². The number of fused-ring (bicyclic) bond motifs is 1. The molecule has 0 amide bonds. The molecule has 0 saturated heterocycles. The van der Waals surface area contributed by atoms with Gasteiger partial charge in [0.25, 0.3) is 0 Å². The highest BCUT2D eigenvalue weighted by Crippen LogP contribution is 2.44. The van der Waals surface area contributed by atoms with Crippen LogP contribution in [0, 0.1) is 0 Å². The van der Waals surface area contributed by atoms with Gasteiger partial charge in [-0.15, -0.1) is 0 Å². The average Bonchev–Trinajstić information content (AvgIpc) is 2.76. The normalized spacial score (nSPS) is 21.3. The second-order valence-electron chi connectivity index (χ2n) is 6.94. The fourth-order valence-electron chi connectivity index (χ4n) is 3.28. The van der Waals surface area contributed by atoms with Crippen molar-refractivity contribution >= 4 is 15.9 Å². The van der Waals surface area contributed by atoms with Gasteiger partial charge in [-0.25, -0.2) is 0 Å². The van der Waals surface area contributed by atoms with E-state index in [9.17, 15) is 0 Å². The molecule has 1 aliphatic rings. The van der Waals surface area contributed by atoms with E-state index in [0.29, 0.717) is 12.0 Å². The topological polar surface area (TPSA) is 12.0 Å². The van der Waals surface area contributed by atoms with Crippen molar-refractivity contribution < 1.29 is 0 Å². The molecule has 1 aliphatic carbocycles. The number of hydrogen-bond acceptors (Lipinski definition) is 1. The van der Waals surface area contributed by atoms with Crippen LogP contribution in [0.2, 0.25) is 0 Å². The van der Waals surface area contributed by atoms with E-state index in [2.05, 4.69) is 90.5 Å². The van der Waals surface area contributed by atoms with Crippen LogP contribution in [0.15, 0.2) is 53.0 Å². The summed E-state index contributed by atoms with van der Waals surface area (Å²) < 4.78 is 1.17. The summed E-state index contributed by atoms with van der Waals surface area (Å²) in [6.07, 6.45) is 1.10. The minimum Gasteiger partial charge on any atom is -0.305 e. The lowest BCUT2D eigenvalue weighted by atomic mass is 9.90. The first-order valence-electron chi connectivity index (χ1n) is 7.55. The monoisotopic (exact) mass is 343 g/mol. The Labute approximate surface area is 135 Å². The Bertz CT molecular complexity index is 628. The third kappa shape index (κ3) is 3.22. The van der Waals surface area contributed by atoms with Gasteiger partial charge in [-0.2, -0.15) is 0 Å². The van der Waals surface area contributed by atoms with Crippen LogP contribution in [0.25, 0.3) is 0 Å². The highest BCUT2D eigenvalue weighted by molar-refractivity contribution is 9.10. The van der Waals surface area contributed by atoms with Gasteiger partial charge in [-0.3, -0.25) is 0 Å². The van der Waals surface area contributed by atoms with E-state index < -0.39 is 0 Å². The summed E-state index contributed by atoms with van der Waals surface area (Å²) in [4.78, 5) is 0. The molecule has 21 heavy (non-hydrogen) atoms. The highest BCUT2D eigenvalue weighted by atomic mass is 79.9. The number of nitrogens with one attached hydrogen (secondary N) is 1. The van der Waals surface area contributed by atoms with Gasteiger partial charge in [-0.05, 0) is 56.0 Å². The Balaban J connectivity index is 2.01. The molecule has 3 rings (SSSR count). The maximum absolute atomic E-state index is 3.83. The second-order valence-corrected chi connectivity index (χ2v) is 7.85. The highest BCUT2D eigenvalue weighted by Gasteiger charge is 2.35. The molecule has 0 heterocycles. The van der Waals surface area contributed by atoms with Crippen LogP contribution in [0.1, 0.15) is 49.4 Å². The van der Waals surface area contributed by atoms with Gasteiger partial charge in [0.15, 0.2) is 0 Å². The Kier molecular flexibility index (Phi) is 3.94. The van der Waals surface area contributed by atoms with Crippen LogP contribution < -0.4 is 5.32 Å². The van der Waals surface area contributed by atoms with Gasteiger partial charge < -0.3 is 5.32 Å². The van der Waals surface area contributed by atoms with Gasteiger partial charge >= 0.3 is 0 Å². The molecule has 0 spiro atoms. The van der Waals surface area contributed by atoms with E-state index in [0.717, 1.165) is 6.42 Å². The summed E-state index contributed by atoms with van der Waals surface area (Å²) in [6.45, 7) is 6.73. The Morgan fingerprint density at radius 3 is 2.43 bits per heavy atom. The molecule has 2 aromatic rings. The van der Waals surface area contributed by atoms with Crippen molar-refractivity contribution in [1.29, 1.82) is 0 Å². The van der Waals surface area contributed by atoms with Crippen LogP contribution in [0.5, 0.6) is 0 Å². The zero-order chi connectivity index (χ0) is 15.0. The maximum atomic E-state index is 3.83. The summed E-state index contributed by atoms with van der Waals surface area (Å²) in [5.41, 5.74) is 4.43. The van der Waals surface area contributed by atoms with Gasteiger partial charge in [-0.1, -0.05) is 52.3 Å². The van der Waals surface area contributed by atoms with Gasteiger partial charge in [0.1, 0.15) is 0 Å². The van der Waals surface area contributed by atoms with Crippen molar-refractivity contribution in [1.82, 2.24) is 5.32 Å². The first-order chi connectivity index (χ1) is 9.94. The van der Waals surface area contributed by atoms with Crippen molar-refractivity contribution in [2.24, 2.45) is 0 Å². The number of halogens is 1. The zero-order valence-electron chi connectivity index (χ0n) is 12.9. The SMILES string of the molecule is CC(C)(C)N[C@@H]1c2ccc(Br)cc2C[C@@H]1c1ccccc1. The molecule has 0 radical (unpaired) electrons. The minimum atomic E-state index is 0.104. The van der Waals surface area contributed by atoms with Crippen LogP contribution >= 0.6 is 15.9 Å². The van der Waals surface area contributed by atoms with Crippen LogP contribution in [-0.2, 0) is 6.42 Å². The van der Waals surface area contributed by atoms with E-state index >= 15 is 0 Å². The standard InChI is InChI=1S/C19H22BrN/c1-19(2,3)21-18-16-10-9-15(20)11-14(16)12-17(18)13-7-5-4-6-8-13/h4-11,17-18,21H,12H2,1-3H3/t17-,18-/m1/s1. The number of benzene rings is 2. The molecule has 0 aromatic heterocycles. The smallest absolute Gasteiger partial charge is 0.0399 e. The summed E-state index contributed by atoms with van der Waals surface area (Å²) in [6, 6.07) is 18.0. The van der Waals surface area contributed by atoms with Gasteiger partial charge in [0.05, 0.1) is 0 Å². The first-order valence-corrected chi connectivity index (χ1v) is 8.34. The summed E-state index contributed by atoms with van der Waals surface area (Å²) in [7, 11) is 0. The van der Waals surface area contributed by atoms with Crippen LogP contribution in [-0.4, -0.2) is 5.54 Å². The molecule has 2 atom stereocenters. The van der Waals surface area contributed by atoms with Crippen molar-refractivity contribution in [2.45, 2.75) is 44.7 Å². The van der Waals surface area contributed by atoms with Gasteiger partial charge in [0, 0.05) is 22.0 Å². The lowest BCUT2D eigenvalue weighted by molar-refractivity contribution is 0.340. The van der Waals surface area contributed by atoms with Crippen molar-refractivity contribution in [2.75, 3.05) is 0 Å². The van der Waals surface area contributed by atoms with Crippen LogP contribution in [0.4, 0.5) is 0 Å². The second kappa shape index (κ2) is 5.58. The zero-order valence-corrected chi connectivity index (χ0v) is 14.4. The molecule has 2 heteroatoms. The number of rotatable bonds is 2. The molecule has 2 aromatic carbocycles. The quantitative estimate of drug-likeness (QED) is 0.788. The molecule has 0 unspecified atom stereocenters. The van der Waals surface area contributed by atoms with E-state index in [1.807, 2.05) is 0 Å². The minimum absolute atomic E-state index is 0.104. The summed E-state index contributed by atoms with van der Waals surface area (Å²) >= 11 is 3.60. The Morgan fingerprint density at radius 2 is 1.76 bits per heavy atom. The molecule has 0 bridgehead atoms. The fourth-order valence-corrected chi connectivity index (χ4v) is 3.69. The lowest BCUT2D eigenvalue weighted by Crippen LogP contribution is -2.40. The Morgan fingerprint density at radius 1 is 1.05 bits per heavy atom. The van der Waals surface area contributed by atoms with Gasteiger partial charge in [0.2, 0.25) is 0 Å². The third-order valence-corrected chi connectivity index (χ3v) is 4.59. The lowest BCUT2D eigenvalue weighted by Gasteiger charge is -2.31. The average molecular weight is 344 g/mol. The molecule has 0 fully saturated rings. The van der Waals surface area contributed by atoms with E-state index in [1.165, 1.54) is 21.2 Å². The predicted octanol–water partition coefficient (Wildman–Crippen LogP) is 5.22. The van der Waals surface area contributed by atoms with Crippen molar-refractivity contribution in [3.63, 3.8) is 0 Å². The third-order valence-electron chi connectivity index (χ3n) is 4.10. The molecular formula is C19H22BrN. The largest absolute Gasteiger partial charge is 0.305 e.